The van der Waals surface area contributed by atoms with E-state index in [1.54, 1.807) is 6.92 Å². The zero-order valence-electron chi connectivity index (χ0n) is 9.95. The Bertz CT molecular complexity index is 256. The molecule has 1 atom stereocenters. The van der Waals surface area contributed by atoms with E-state index in [1.165, 1.54) is 0 Å². The number of hydrogen-bond acceptors (Lipinski definition) is 3. The molecule has 0 heterocycles. The van der Waals surface area contributed by atoms with Crippen LogP contribution in [-0.2, 0) is 4.79 Å². The van der Waals surface area contributed by atoms with Gasteiger partial charge in [0.25, 0.3) is 0 Å². The van der Waals surface area contributed by atoms with Crippen molar-refractivity contribution in [2.75, 3.05) is 20.1 Å². The number of rotatable bonds is 6. The summed E-state index contributed by atoms with van der Waals surface area (Å²) < 4.78 is 0. The van der Waals surface area contributed by atoms with E-state index < -0.39 is 5.97 Å². The molecule has 0 aromatic heterocycles. The van der Waals surface area contributed by atoms with E-state index in [0.717, 1.165) is 13.0 Å². The Hall–Kier alpha value is -1.08. The van der Waals surface area contributed by atoms with Crippen molar-refractivity contribution in [1.82, 2.24) is 4.90 Å². The lowest BCUT2D eigenvalue weighted by Crippen LogP contribution is -2.31. The van der Waals surface area contributed by atoms with Crippen LogP contribution in [0.3, 0.4) is 0 Å². The molecule has 4 nitrogen and oxygen atoms in total. The predicted molar refractivity (Wildman–Crippen MR) is 58.3 cm³/mol. The maximum Gasteiger partial charge on any atom is 0.307 e. The van der Waals surface area contributed by atoms with Gasteiger partial charge >= 0.3 is 5.97 Å². The molecule has 0 fully saturated rings. The van der Waals surface area contributed by atoms with Crippen LogP contribution < -0.4 is 0 Å². The molecule has 4 heteroatoms. The molecule has 0 aliphatic carbocycles. The highest BCUT2D eigenvalue weighted by Crippen LogP contribution is 2.18. The van der Waals surface area contributed by atoms with Crippen LogP contribution in [0.5, 0.6) is 0 Å². The largest absolute Gasteiger partial charge is 0.481 e. The fourth-order valence-corrected chi connectivity index (χ4v) is 1.16. The Morgan fingerprint density at radius 1 is 1.60 bits per heavy atom. The first-order chi connectivity index (χ1) is 6.78. The maximum absolute atomic E-state index is 10.6. The summed E-state index contributed by atoms with van der Waals surface area (Å²) in [6.45, 7) is 6.74. The van der Waals surface area contributed by atoms with Gasteiger partial charge in [-0.05, 0) is 33.9 Å². The first kappa shape index (κ1) is 13.9. The van der Waals surface area contributed by atoms with Gasteiger partial charge in [-0.25, -0.2) is 0 Å². The molecule has 0 rings (SSSR count). The molecule has 1 N–H and O–H groups in total. The van der Waals surface area contributed by atoms with Crippen LogP contribution in [-0.4, -0.2) is 36.1 Å². The lowest BCUT2D eigenvalue weighted by Gasteiger charge is -2.22. The third-order valence-corrected chi connectivity index (χ3v) is 2.43. The lowest BCUT2D eigenvalue weighted by atomic mass is 9.91. The normalized spacial score (nSPS) is 13.6. The zero-order chi connectivity index (χ0) is 12.1. The Morgan fingerprint density at radius 2 is 2.13 bits per heavy atom. The van der Waals surface area contributed by atoms with Gasteiger partial charge in [-0.2, -0.15) is 5.26 Å². The van der Waals surface area contributed by atoms with E-state index in [0.29, 0.717) is 6.54 Å². The topological polar surface area (TPSA) is 64.3 Å². The summed E-state index contributed by atoms with van der Waals surface area (Å²) in [7, 11) is 1.88. The molecule has 0 aliphatic rings. The standard InChI is InChI=1S/C11H20N2O2/c1-9(10(14)15)7-13(4)6-5-11(2,3)8-12/h9H,5-7H2,1-4H3,(H,14,15). The van der Waals surface area contributed by atoms with Crippen LogP contribution in [0.4, 0.5) is 0 Å². The summed E-state index contributed by atoms with van der Waals surface area (Å²) in [5, 5.41) is 17.5. The lowest BCUT2D eigenvalue weighted by molar-refractivity contribution is -0.141. The number of carbonyl (C=O) groups is 1. The molecule has 0 saturated carbocycles. The molecule has 0 aliphatic heterocycles. The van der Waals surface area contributed by atoms with E-state index in [2.05, 4.69) is 6.07 Å². The van der Waals surface area contributed by atoms with Gasteiger partial charge < -0.3 is 10.0 Å². The highest BCUT2D eigenvalue weighted by molar-refractivity contribution is 5.69. The predicted octanol–water partition coefficient (Wildman–Crippen LogP) is 1.58. The van der Waals surface area contributed by atoms with Crippen molar-refractivity contribution < 1.29 is 9.90 Å². The van der Waals surface area contributed by atoms with E-state index in [1.807, 2.05) is 25.8 Å². The second-order valence-corrected chi connectivity index (χ2v) is 4.75. The highest BCUT2D eigenvalue weighted by atomic mass is 16.4. The first-order valence-electron chi connectivity index (χ1n) is 5.11. The Morgan fingerprint density at radius 3 is 2.53 bits per heavy atom. The van der Waals surface area contributed by atoms with Crippen molar-refractivity contribution in [1.29, 1.82) is 5.26 Å². The maximum atomic E-state index is 10.6. The van der Waals surface area contributed by atoms with Crippen LogP contribution in [0.1, 0.15) is 27.2 Å². The Labute approximate surface area is 91.5 Å². The first-order valence-corrected chi connectivity index (χ1v) is 5.11. The smallest absolute Gasteiger partial charge is 0.307 e. The Kier molecular flexibility index (Phi) is 5.31. The summed E-state index contributed by atoms with van der Waals surface area (Å²) in [5.41, 5.74) is -0.333. The van der Waals surface area contributed by atoms with Crippen LogP contribution in [0.15, 0.2) is 0 Å². The third kappa shape index (κ3) is 6.08. The number of hydrogen-bond donors (Lipinski definition) is 1. The van der Waals surface area contributed by atoms with Crippen LogP contribution in [0, 0.1) is 22.7 Å². The quantitative estimate of drug-likeness (QED) is 0.726. The summed E-state index contributed by atoms with van der Waals surface area (Å²) in [4.78, 5) is 12.6. The molecule has 86 valence electrons. The molecule has 0 saturated heterocycles. The summed E-state index contributed by atoms with van der Waals surface area (Å²) in [6, 6.07) is 2.23. The molecule has 15 heavy (non-hydrogen) atoms. The SMILES string of the molecule is CC(CN(C)CCC(C)(C)C#N)C(=O)O. The van der Waals surface area contributed by atoms with Crippen molar-refractivity contribution in [2.45, 2.75) is 27.2 Å². The monoisotopic (exact) mass is 212 g/mol. The highest BCUT2D eigenvalue weighted by Gasteiger charge is 2.19. The number of aliphatic carboxylic acids is 1. The molecule has 0 amide bonds. The average molecular weight is 212 g/mol. The van der Waals surface area contributed by atoms with Gasteiger partial charge in [0.1, 0.15) is 0 Å². The van der Waals surface area contributed by atoms with Gasteiger partial charge in [0, 0.05) is 6.54 Å². The fraction of sp³-hybridized carbons (Fsp3) is 0.818. The number of nitriles is 1. The summed E-state index contributed by atoms with van der Waals surface area (Å²) >= 11 is 0. The summed E-state index contributed by atoms with van der Waals surface area (Å²) in [5.74, 6) is -1.14. The van der Waals surface area contributed by atoms with Gasteiger partial charge in [0.15, 0.2) is 0 Å². The van der Waals surface area contributed by atoms with Gasteiger partial charge in [-0.15, -0.1) is 0 Å². The average Bonchev–Trinajstić information content (AvgIpc) is 2.15. The fourth-order valence-electron chi connectivity index (χ4n) is 1.16. The molecular formula is C11H20N2O2. The second kappa shape index (κ2) is 5.72. The van der Waals surface area contributed by atoms with E-state index in [-0.39, 0.29) is 11.3 Å². The molecule has 0 bridgehead atoms. The molecule has 0 aromatic carbocycles. The molecule has 0 spiro atoms. The van der Waals surface area contributed by atoms with Gasteiger partial charge in [0.2, 0.25) is 0 Å². The van der Waals surface area contributed by atoms with Gasteiger partial charge in [0.05, 0.1) is 17.4 Å². The van der Waals surface area contributed by atoms with Crippen LogP contribution in [0.25, 0.3) is 0 Å². The number of carboxylic acids is 1. The van der Waals surface area contributed by atoms with Crippen LogP contribution in [0.2, 0.25) is 0 Å². The number of nitrogens with zero attached hydrogens (tertiary/aromatic N) is 2. The van der Waals surface area contributed by atoms with Crippen LogP contribution >= 0.6 is 0 Å². The molecule has 0 aromatic rings. The van der Waals surface area contributed by atoms with Gasteiger partial charge in [-0.1, -0.05) is 6.92 Å². The van der Waals surface area contributed by atoms with E-state index in [9.17, 15) is 4.79 Å². The third-order valence-electron chi connectivity index (χ3n) is 2.43. The minimum absolute atomic E-state index is 0.333. The van der Waals surface area contributed by atoms with Crippen molar-refractivity contribution in [3.8, 4) is 6.07 Å². The van der Waals surface area contributed by atoms with Gasteiger partial charge in [-0.3, -0.25) is 4.79 Å². The van der Waals surface area contributed by atoms with Crippen molar-refractivity contribution in [3.05, 3.63) is 0 Å². The molecular weight excluding hydrogens is 192 g/mol. The zero-order valence-corrected chi connectivity index (χ0v) is 9.95. The second-order valence-electron chi connectivity index (χ2n) is 4.75. The van der Waals surface area contributed by atoms with E-state index >= 15 is 0 Å². The Balaban J connectivity index is 3.91. The minimum Gasteiger partial charge on any atom is -0.481 e. The van der Waals surface area contributed by atoms with E-state index in [4.69, 9.17) is 10.4 Å². The minimum atomic E-state index is -0.776. The molecule has 0 radical (unpaired) electrons. The molecule has 1 unspecified atom stereocenters. The summed E-state index contributed by atoms with van der Waals surface area (Å²) in [6.07, 6.45) is 0.756. The van der Waals surface area contributed by atoms with Crippen molar-refractivity contribution in [3.63, 3.8) is 0 Å². The van der Waals surface area contributed by atoms with Crippen molar-refractivity contribution >= 4 is 5.97 Å². The number of carboxylic acid groups (broad SMARTS) is 1. The van der Waals surface area contributed by atoms with Crippen molar-refractivity contribution in [2.24, 2.45) is 11.3 Å².